The molecule has 4 heterocycles. The van der Waals surface area contributed by atoms with Crippen molar-refractivity contribution in [3.63, 3.8) is 0 Å². The number of amides is 1. The van der Waals surface area contributed by atoms with Crippen LogP contribution >= 0.6 is 11.3 Å². The smallest absolute Gasteiger partial charge is 0.338 e. The second-order valence-electron chi connectivity index (χ2n) is 11.7. The molecule has 0 radical (unpaired) electrons. The fourth-order valence-electron chi connectivity index (χ4n) is 6.46. The lowest BCUT2D eigenvalue weighted by Crippen LogP contribution is -2.52. The van der Waals surface area contributed by atoms with E-state index in [-0.39, 0.29) is 50.3 Å². The van der Waals surface area contributed by atoms with E-state index in [4.69, 9.17) is 9.73 Å². The molecular weight excluding hydrogens is 616 g/mol. The molecule has 0 spiro atoms. The zero-order valence-electron chi connectivity index (χ0n) is 25.5. The normalized spacial score (nSPS) is 23.2. The number of hydrogen-bond acceptors (Lipinski definition) is 9. The fourth-order valence-corrected chi connectivity index (χ4v) is 7.04. The topological polar surface area (TPSA) is 124 Å². The van der Waals surface area contributed by atoms with Gasteiger partial charge in [-0.2, -0.15) is 0 Å². The van der Waals surface area contributed by atoms with Crippen LogP contribution in [0.5, 0.6) is 0 Å². The number of hydrogen-bond donors (Lipinski definition) is 2. The number of aromatic carboxylic acids is 1. The van der Waals surface area contributed by atoms with E-state index in [1.807, 2.05) is 4.90 Å². The number of thiazole rings is 1. The number of benzene rings is 2. The van der Waals surface area contributed by atoms with Gasteiger partial charge in [0, 0.05) is 61.5 Å². The number of nitrogens with zero attached hydrogens (tertiary/aromatic N) is 4. The van der Waals surface area contributed by atoms with Gasteiger partial charge in [-0.05, 0) is 55.7 Å². The Hall–Kier alpha value is -4.49. The number of carbonyl (C=O) groups is 3. The summed E-state index contributed by atoms with van der Waals surface area (Å²) in [6.45, 7) is 5.87. The number of carbonyl (C=O) groups excluding carboxylic acids is 2. The zero-order chi connectivity index (χ0) is 32.7. The third-order valence-electron chi connectivity index (χ3n) is 8.91. The number of aliphatic imine (C=N–C) groups is 1. The lowest BCUT2D eigenvalue weighted by molar-refractivity contribution is -0.139. The standard InChI is InChI=1S/C33H33F2N5O5S/c1-4-45-31(43)26-24(37-28(29-36-11-13-46-29)38-27(26)22-6-5-7-23(34)19(22)3)17-39-12-10-33(35)21(15-39)16-40(32(33)44)25-14-20(30(41)42)9-8-18(25)2/h5-9,11,13-14,21,27H,4,10,12,15-17H2,1-3H3,(H,37,38)(H,41,42)/t21-,27-,33+/m0/s1. The highest BCUT2D eigenvalue weighted by atomic mass is 32.1. The largest absolute Gasteiger partial charge is 0.478 e. The van der Waals surface area contributed by atoms with Crippen molar-refractivity contribution in [3.8, 4) is 0 Å². The minimum atomic E-state index is -2.12. The molecule has 2 fully saturated rings. The lowest BCUT2D eigenvalue weighted by atomic mass is 9.84. The second-order valence-corrected chi connectivity index (χ2v) is 12.6. The van der Waals surface area contributed by atoms with Crippen molar-refractivity contribution in [2.45, 2.75) is 38.9 Å². The number of amidine groups is 1. The maximum absolute atomic E-state index is 16.5. The van der Waals surface area contributed by atoms with E-state index >= 15 is 4.39 Å². The van der Waals surface area contributed by atoms with Crippen molar-refractivity contribution in [1.82, 2.24) is 15.2 Å². The first kappa shape index (κ1) is 31.5. The molecule has 1 aromatic heterocycles. The monoisotopic (exact) mass is 649 g/mol. The van der Waals surface area contributed by atoms with Gasteiger partial charge in [0.1, 0.15) is 11.9 Å². The predicted molar refractivity (Wildman–Crippen MR) is 168 cm³/mol. The molecule has 3 aliphatic heterocycles. The van der Waals surface area contributed by atoms with Crippen LogP contribution in [0.4, 0.5) is 14.5 Å². The van der Waals surface area contributed by atoms with E-state index < -0.39 is 41.3 Å². The highest BCUT2D eigenvalue weighted by Gasteiger charge is 2.57. The summed E-state index contributed by atoms with van der Waals surface area (Å²) >= 11 is 1.36. The highest BCUT2D eigenvalue weighted by molar-refractivity contribution is 7.11. The Balaban J connectivity index is 1.34. The van der Waals surface area contributed by atoms with Crippen LogP contribution in [0.25, 0.3) is 0 Å². The summed E-state index contributed by atoms with van der Waals surface area (Å²) in [6, 6.07) is 8.24. The van der Waals surface area contributed by atoms with Gasteiger partial charge in [0.2, 0.25) is 0 Å². The number of anilines is 1. The molecule has 1 amide bonds. The molecule has 10 nitrogen and oxygen atoms in total. The van der Waals surface area contributed by atoms with Crippen LogP contribution in [-0.2, 0) is 14.3 Å². The minimum absolute atomic E-state index is 0.0143. The molecule has 2 N–H and O–H groups in total. The maximum Gasteiger partial charge on any atom is 0.338 e. The Labute approximate surface area is 268 Å². The number of piperidine rings is 1. The molecule has 240 valence electrons. The van der Waals surface area contributed by atoms with Gasteiger partial charge in [0.05, 0.1) is 17.7 Å². The quantitative estimate of drug-likeness (QED) is 0.340. The average molecular weight is 650 g/mol. The first-order chi connectivity index (χ1) is 22.0. The molecule has 3 aliphatic rings. The van der Waals surface area contributed by atoms with Gasteiger partial charge < -0.3 is 20.1 Å². The third kappa shape index (κ3) is 5.58. The molecule has 0 unspecified atom stereocenters. The summed E-state index contributed by atoms with van der Waals surface area (Å²) in [7, 11) is 0. The number of carboxylic acid groups (broad SMARTS) is 1. The predicted octanol–water partition coefficient (Wildman–Crippen LogP) is 4.58. The lowest BCUT2D eigenvalue weighted by Gasteiger charge is -2.38. The Morgan fingerprint density at radius 2 is 2.02 bits per heavy atom. The van der Waals surface area contributed by atoms with Crippen LogP contribution in [-0.4, -0.2) is 77.1 Å². The number of halogens is 2. The molecule has 0 saturated carbocycles. The van der Waals surface area contributed by atoms with Crippen LogP contribution in [0.2, 0.25) is 0 Å². The van der Waals surface area contributed by atoms with Gasteiger partial charge in [-0.15, -0.1) is 11.3 Å². The number of nitrogens with one attached hydrogen (secondary N) is 1. The molecule has 3 atom stereocenters. The number of esters is 1. The molecule has 13 heteroatoms. The van der Waals surface area contributed by atoms with E-state index in [1.54, 1.807) is 50.5 Å². The molecule has 0 aliphatic carbocycles. The number of aromatic nitrogens is 1. The second kappa shape index (κ2) is 12.4. The number of alkyl halides is 1. The molecule has 0 bridgehead atoms. The minimum Gasteiger partial charge on any atom is -0.478 e. The SMILES string of the molecule is CCOC(=O)C1=C(CN2CC[C@]3(F)C(=O)N(c4cc(C(=O)O)ccc4C)C[C@@H]3C2)NC(c2nccs2)=N[C@H]1c1cccc(F)c1C. The van der Waals surface area contributed by atoms with Crippen molar-refractivity contribution in [1.29, 1.82) is 0 Å². The number of aryl methyl sites for hydroxylation is 1. The number of carboxylic acids is 1. The van der Waals surface area contributed by atoms with Crippen molar-refractivity contribution in [2.75, 3.05) is 37.7 Å². The molecule has 6 rings (SSSR count). The van der Waals surface area contributed by atoms with Crippen molar-refractivity contribution >= 4 is 40.7 Å². The van der Waals surface area contributed by atoms with Crippen molar-refractivity contribution < 1.29 is 33.0 Å². The summed E-state index contributed by atoms with van der Waals surface area (Å²) < 4.78 is 36.7. The molecular formula is C33H33F2N5O5S. The van der Waals surface area contributed by atoms with Crippen LogP contribution < -0.4 is 10.2 Å². The molecule has 3 aromatic rings. The number of fused-ring (bicyclic) bond motifs is 1. The molecule has 2 aromatic carbocycles. The van der Waals surface area contributed by atoms with E-state index in [1.165, 1.54) is 34.4 Å². The highest BCUT2D eigenvalue weighted by Crippen LogP contribution is 2.43. The zero-order valence-corrected chi connectivity index (χ0v) is 26.4. The average Bonchev–Trinajstić information content (AvgIpc) is 3.66. The van der Waals surface area contributed by atoms with Gasteiger partial charge in [-0.25, -0.2) is 23.4 Å². The van der Waals surface area contributed by atoms with Crippen LogP contribution in [0.1, 0.15) is 51.4 Å². The fraction of sp³-hybridized carbons (Fsp3) is 0.364. The number of likely N-dealkylation sites (tertiary alicyclic amines) is 1. The van der Waals surface area contributed by atoms with Gasteiger partial charge in [-0.3, -0.25) is 14.7 Å². The summed E-state index contributed by atoms with van der Waals surface area (Å²) in [5, 5.41) is 15.2. The van der Waals surface area contributed by atoms with E-state index in [0.717, 1.165) is 0 Å². The van der Waals surface area contributed by atoms with Crippen molar-refractivity contribution in [2.24, 2.45) is 10.9 Å². The third-order valence-corrected chi connectivity index (χ3v) is 9.69. The summed E-state index contributed by atoms with van der Waals surface area (Å²) in [5.74, 6) is -3.13. The first-order valence-electron chi connectivity index (χ1n) is 15.0. The van der Waals surface area contributed by atoms with Crippen LogP contribution in [0.15, 0.2) is 64.2 Å². The first-order valence-corrected chi connectivity index (χ1v) is 15.9. The Morgan fingerprint density at radius 1 is 1.22 bits per heavy atom. The summed E-state index contributed by atoms with van der Waals surface area (Å²) in [5.41, 5.74) is 0.499. The summed E-state index contributed by atoms with van der Waals surface area (Å²) in [6.07, 6.45) is 1.56. The van der Waals surface area contributed by atoms with E-state index in [0.29, 0.717) is 38.9 Å². The number of ether oxygens (including phenoxy) is 1. The van der Waals surface area contributed by atoms with Gasteiger partial charge in [0.15, 0.2) is 16.5 Å². The Morgan fingerprint density at radius 3 is 2.74 bits per heavy atom. The van der Waals surface area contributed by atoms with Crippen LogP contribution in [0, 0.1) is 25.6 Å². The van der Waals surface area contributed by atoms with E-state index in [2.05, 4.69) is 10.3 Å². The van der Waals surface area contributed by atoms with Crippen molar-refractivity contribution in [3.05, 3.63) is 92.3 Å². The number of rotatable bonds is 8. The van der Waals surface area contributed by atoms with Gasteiger partial charge in [0.25, 0.3) is 5.91 Å². The Bertz CT molecular complexity index is 1780. The van der Waals surface area contributed by atoms with Crippen LogP contribution in [0.3, 0.4) is 0 Å². The molecule has 2 saturated heterocycles. The van der Waals surface area contributed by atoms with Gasteiger partial charge in [-0.1, -0.05) is 18.2 Å². The maximum atomic E-state index is 16.5. The molecule has 46 heavy (non-hydrogen) atoms. The van der Waals surface area contributed by atoms with E-state index in [9.17, 15) is 23.9 Å². The Kier molecular flexibility index (Phi) is 8.47. The summed E-state index contributed by atoms with van der Waals surface area (Å²) in [4.78, 5) is 51.2. The van der Waals surface area contributed by atoms with Gasteiger partial charge >= 0.3 is 11.9 Å².